The maximum atomic E-state index is 12.3. The summed E-state index contributed by atoms with van der Waals surface area (Å²) in [5.74, 6) is 0.206. The zero-order chi connectivity index (χ0) is 19.3. The summed E-state index contributed by atoms with van der Waals surface area (Å²) in [6.45, 7) is 3.68. The Morgan fingerprint density at radius 3 is 2.89 bits per heavy atom. The molecule has 0 radical (unpaired) electrons. The standard InChI is InChI=1S/C20H25N5O3/c26-17(11-25-6-5-14-3-1-2-4-15(14)10-25)7-22-20(27)18-8-21-9-19(24-18)23-16-12-28-13-16/h1-4,8-9,16-17,26H,5-7,10-13H2,(H,22,27)(H,23,24)/t17-/m0/s1. The summed E-state index contributed by atoms with van der Waals surface area (Å²) in [6.07, 6.45) is 3.34. The van der Waals surface area contributed by atoms with Crippen LogP contribution in [0.15, 0.2) is 36.7 Å². The van der Waals surface area contributed by atoms with Crippen molar-refractivity contribution in [3.8, 4) is 0 Å². The first kappa shape index (κ1) is 18.8. The van der Waals surface area contributed by atoms with Crippen LogP contribution in [0.4, 0.5) is 5.82 Å². The number of fused-ring (bicyclic) bond motifs is 1. The van der Waals surface area contributed by atoms with Gasteiger partial charge in [0.15, 0.2) is 0 Å². The molecular formula is C20H25N5O3. The van der Waals surface area contributed by atoms with Gasteiger partial charge >= 0.3 is 0 Å². The van der Waals surface area contributed by atoms with E-state index in [1.165, 1.54) is 17.3 Å². The summed E-state index contributed by atoms with van der Waals surface area (Å²) in [4.78, 5) is 22.9. The van der Waals surface area contributed by atoms with Crippen LogP contribution < -0.4 is 10.6 Å². The van der Waals surface area contributed by atoms with Gasteiger partial charge in [0.25, 0.3) is 5.91 Å². The number of rotatable bonds is 7. The summed E-state index contributed by atoms with van der Waals surface area (Å²) >= 11 is 0. The predicted molar refractivity (Wildman–Crippen MR) is 104 cm³/mol. The number of amides is 1. The van der Waals surface area contributed by atoms with Crippen LogP contribution in [0.5, 0.6) is 0 Å². The molecule has 1 aromatic carbocycles. The third kappa shape index (κ3) is 4.64. The minimum atomic E-state index is -0.643. The minimum Gasteiger partial charge on any atom is -0.390 e. The molecule has 28 heavy (non-hydrogen) atoms. The Labute approximate surface area is 163 Å². The lowest BCUT2D eigenvalue weighted by molar-refractivity contribution is 0.0209. The van der Waals surface area contributed by atoms with E-state index in [0.29, 0.717) is 25.6 Å². The lowest BCUT2D eigenvalue weighted by atomic mass is 10.00. The van der Waals surface area contributed by atoms with Crippen molar-refractivity contribution in [3.63, 3.8) is 0 Å². The van der Waals surface area contributed by atoms with E-state index in [1.807, 2.05) is 6.07 Å². The second-order valence-corrected chi connectivity index (χ2v) is 7.29. The van der Waals surface area contributed by atoms with Crippen molar-refractivity contribution >= 4 is 11.7 Å². The Bertz CT molecular complexity index is 827. The molecule has 1 saturated heterocycles. The number of carbonyl (C=O) groups is 1. The number of nitrogens with one attached hydrogen (secondary N) is 2. The third-order valence-electron chi connectivity index (χ3n) is 5.03. The molecule has 2 aliphatic rings. The Kier molecular flexibility index (Phi) is 5.80. The van der Waals surface area contributed by atoms with Gasteiger partial charge in [-0.2, -0.15) is 0 Å². The van der Waals surface area contributed by atoms with Gasteiger partial charge in [-0.3, -0.25) is 14.7 Å². The van der Waals surface area contributed by atoms with Crippen LogP contribution in [-0.2, 0) is 17.7 Å². The summed E-state index contributed by atoms with van der Waals surface area (Å²) in [5, 5.41) is 16.3. The van der Waals surface area contributed by atoms with Crippen molar-refractivity contribution in [1.29, 1.82) is 0 Å². The number of aliphatic hydroxyl groups excluding tert-OH is 1. The van der Waals surface area contributed by atoms with Gasteiger partial charge in [-0.05, 0) is 17.5 Å². The van der Waals surface area contributed by atoms with Crippen molar-refractivity contribution in [2.24, 2.45) is 0 Å². The van der Waals surface area contributed by atoms with E-state index in [2.05, 4.69) is 43.7 Å². The molecule has 0 bridgehead atoms. The highest BCUT2D eigenvalue weighted by Crippen LogP contribution is 2.18. The van der Waals surface area contributed by atoms with Crippen LogP contribution in [0.2, 0.25) is 0 Å². The van der Waals surface area contributed by atoms with E-state index in [9.17, 15) is 9.90 Å². The van der Waals surface area contributed by atoms with Crippen LogP contribution in [-0.4, -0.2) is 70.9 Å². The lowest BCUT2D eigenvalue weighted by Gasteiger charge is -2.30. The highest BCUT2D eigenvalue weighted by atomic mass is 16.5. The van der Waals surface area contributed by atoms with Crippen molar-refractivity contribution in [1.82, 2.24) is 20.2 Å². The van der Waals surface area contributed by atoms with Crippen LogP contribution in [0.1, 0.15) is 21.6 Å². The number of anilines is 1. The number of hydrogen-bond donors (Lipinski definition) is 3. The average molecular weight is 383 g/mol. The molecule has 8 nitrogen and oxygen atoms in total. The van der Waals surface area contributed by atoms with Crippen LogP contribution in [0, 0.1) is 0 Å². The number of aromatic nitrogens is 2. The quantitative estimate of drug-likeness (QED) is 0.638. The van der Waals surface area contributed by atoms with Gasteiger partial charge in [-0.1, -0.05) is 24.3 Å². The molecule has 1 amide bonds. The summed E-state index contributed by atoms with van der Waals surface area (Å²) < 4.78 is 5.11. The molecule has 1 aromatic heterocycles. The number of aliphatic hydroxyl groups is 1. The Hall–Kier alpha value is -2.55. The van der Waals surface area contributed by atoms with Gasteiger partial charge in [-0.15, -0.1) is 0 Å². The molecule has 148 valence electrons. The SMILES string of the molecule is O=C(NC[C@H](O)CN1CCc2ccccc2C1)c1cncc(NC2COC2)n1. The van der Waals surface area contributed by atoms with E-state index in [4.69, 9.17) is 4.74 Å². The van der Waals surface area contributed by atoms with E-state index < -0.39 is 6.10 Å². The van der Waals surface area contributed by atoms with Crippen molar-refractivity contribution in [3.05, 3.63) is 53.5 Å². The zero-order valence-corrected chi connectivity index (χ0v) is 15.7. The number of benzene rings is 1. The molecule has 0 aliphatic carbocycles. The predicted octanol–water partition coefficient (Wildman–Crippen LogP) is 0.436. The molecule has 8 heteroatoms. The molecule has 0 saturated carbocycles. The molecule has 3 N–H and O–H groups in total. The molecule has 2 aliphatic heterocycles. The fourth-order valence-electron chi connectivity index (χ4n) is 3.45. The normalized spacial score (nSPS) is 18.0. The third-order valence-corrected chi connectivity index (χ3v) is 5.03. The van der Waals surface area contributed by atoms with Gasteiger partial charge in [0.1, 0.15) is 11.5 Å². The average Bonchev–Trinajstić information content (AvgIpc) is 2.69. The molecule has 2 aromatic rings. The van der Waals surface area contributed by atoms with E-state index in [1.54, 1.807) is 6.20 Å². The molecule has 0 spiro atoms. The Balaban J connectivity index is 1.25. The first-order chi connectivity index (χ1) is 13.7. The second kappa shape index (κ2) is 8.64. The monoisotopic (exact) mass is 383 g/mol. The number of carbonyl (C=O) groups excluding carboxylic acids is 1. The van der Waals surface area contributed by atoms with Crippen molar-refractivity contribution in [2.45, 2.75) is 25.1 Å². The summed E-state index contributed by atoms with van der Waals surface area (Å²) in [7, 11) is 0. The fourth-order valence-corrected chi connectivity index (χ4v) is 3.45. The maximum absolute atomic E-state index is 12.3. The number of ether oxygens (including phenoxy) is 1. The minimum absolute atomic E-state index is 0.173. The number of nitrogens with zero attached hydrogens (tertiary/aromatic N) is 3. The fraction of sp³-hybridized carbons (Fsp3) is 0.450. The largest absolute Gasteiger partial charge is 0.390 e. The Morgan fingerprint density at radius 1 is 1.29 bits per heavy atom. The molecule has 1 fully saturated rings. The highest BCUT2D eigenvalue weighted by molar-refractivity contribution is 5.92. The van der Waals surface area contributed by atoms with Gasteiger partial charge in [0.2, 0.25) is 0 Å². The first-order valence-electron chi connectivity index (χ1n) is 9.59. The molecule has 4 rings (SSSR count). The van der Waals surface area contributed by atoms with Crippen LogP contribution >= 0.6 is 0 Å². The van der Waals surface area contributed by atoms with Gasteiger partial charge < -0.3 is 20.5 Å². The van der Waals surface area contributed by atoms with E-state index in [0.717, 1.165) is 19.5 Å². The van der Waals surface area contributed by atoms with Gasteiger partial charge in [0, 0.05) is 26.2 Å². The van der Waals surface area contributed by atoms with E-state index >= 15 is 0 Å². The molecular weight excluding hydrogens is 358 g/mol. The van der Waals surface area contributed by atoms with Gasteiger partial charge in [0.05, 0.1) is 37.8 Å². The number of β-amino-alcohol motifs (C(OH)–C–C–N with tert-alkyl or cyclic N) is 1. The highest BCUT2D eigenvalue weighted by Gasteiger charge is 2.20. The van der Waals surface area contributed by atoms with Gasteiger partial charge in [-0.25, -0.2) is 4.98 Å². The molecule has 1 atom stereocenters. The van der Waals surface area contributed by atoms with Crippen molar-refractivity contribution < 1.29 is 14.6 Å². The maximum Gasteiger partial charge on any atom is 0.271 e. The lowest BCUT2D eigenvalue weighted by Crippen LogP contribution is -2.42. The smallest absolute Gasteiger partial charge is 0.271 e. The van der Waals surface area contributed by atoms with Crippen LogP contribution in [0.3, 0.4) is 0 Å². The van der Waals surface area contributed by atoms with E-state index in [-0.39, 0.29) is 24.2 Å². The second-order valence-electron chi connectivity index (χ2n) is 7.29. The van der Waals surface area contributed by atoms with Crippen molar-refractivity contribution in [2.75, 3.05) is 38.2 Å². The van der Waals surface area contributed by atoms with Crippen LogP contribution in [0.25, 0.3) is 0 Å². The topological polar surface area (TPSA) is 99.6 Å². The number of hydrogen-bond acceptors (Lipinski definition) is 7. The zero-order valence-electron chi connectivity index (χ0n) is 15.7. The summed E-state index contributed by atoms with van der Waals surface area (Å²) in [6, 6.07) is 8.60. The summed E-state index contributed by atoms with van der Waals surface area (Å²) in [5.41, 5.74) is 2.91. The first-order valence-corrected chi connectivity index (χ1v) is 9.59. The Morgan fingerprint density at radius 2 is 2.11 bits per heavy atom. The molecule has 0 unspecified atom stereocenters. The molecule has 3 heterocycles.